The Balaban J connectivity index is 2.50. The third-order valence-electron chi connectivity index (χ3n) is 3.34. The lowest BCUT2D eigenvalue weighted by atomic mass is 9.78. The first-order valence-corrected chi connectivity index (χ1v) is 5.29. The van der Waals surface area contributed by atoms with Gasteiger partial charge in [-0.05, 0) is 42.7 Å². The van der Waals surface area contributed by atoms with Gasteiger partial charge in [-0.3, -0.25) is 0 Å². The maximum absolute atomic E-state index is 2.37. The molecule has 0 saturated heterocycles. The molecule has 1 aromatic carbocycles. The lowest BCUT2D eigenvalue weighted by Crippen LogP contribution is -2.10. The molecule has 0 nitrogen and oxygen atoms in total. The van der Waals surface area contributed by atoms with E-state index < -0.39 is 0 Å². The SMILES string of the molecule is Cc1ccc2c(c1)C(C)CCC2C. The van der Waals surface area contributed by atoms with E-state index in [-0.39, 0.29) is 0 Å². The maximum Gasteiger partial charge on any atom is -0.0187 e. The third-order valence-corrected chi connectivity index (χ3v) is 3.34. The highest BCUT2D eigenvalue weighted by Crippen LogP contribution is 2.38. The van der Waals surface area contributed by atoms with Crippen LogP contribution in [0.3, 0.4) is 0 Å². The van der Waals surface area contributed by atoms with Crippen molar-refractivity contribution >= 4 is 0 Å². The van der Waals surface area contributed by atoms with Crippen molar-refractivity contribution in [2.45, 2.75) is 45.4 Å². The minimum Gasteiger partial charge on any atom is -0.0590 e. The van der Waals surface area contributed by atoms with Gasteiger partial charge in [-0.25, -0.2) is 0 Å². The first-order chi connectivity index (χ1) is 6.18. The van der Waals surface area contributed by atoms with Crippen molar-refractivity contribution in [1.82, 2.24) is 0 Å². The zero-order chi connectivity index (χ0) is 9.42. The Kier molecular flexibility index (Phi) is 2.15. The van der Waals surface area contributed by atoms with E-state index in [9.17, 15) is 0 Å². The van der Waals surface area contributed by atoms with E-state index in [0.29, 0.717) is 0 Å². The van der Waals surface area contributed by atoms with E-state index in [0.717, 1.165) is 11.8 Å². The Bertz CT molecular complexity index is 312. The molecular weight excluding hydrogens is 156 g/mol. The number of benzene rings is 1. The van der Waals surface area contributed by atoms with Gasteiger partial charge < -0.3 is 0 Å². The van der Waals surface area contributed by atoms with Gasteiger partial charge in [0.05, 0.1) is 0 Å². The average Bonchev–Trinajstić information content (AvgIpc) is 2.12. The summed E-state index contributed by atoms with van der Waals surface area (Å²) in [7, 11) is 0. The van der Waals surface area contributed by atoms with Gasteiger partial charge in [0.1, 0.15) is 0 Å². The van der Waals surface area contributed by atoms with Crippen molar-refractivity contribution < 1.29 is 0 Å². The molecule has 0 spiro atoms. The van der Waals surface area contributed by atoms with E-state index in [4.69, 9.17) is 0 Å². The molecule has 0 amide bonds. The number of hydrogen-bond acceptors (Lipinski definition) is 0. The fourth-order valence-electron chi connectivity index (χ4n) is 2.38. The molecule has 0 fully saturated rings. The number of hydrogen-bond donors (Lipinski definition) is 0. The molecule has 0 N–H and O–H groups in total. The topological polar surface area (TPSA) is 0 Å². The minimum absolute atomic E-state index is 0.770. The normalized spacial score (nSPS) is 27.0. The highest BCUT2D eigenvalue weighted by atomic mass is 14.3. The highest BCUT2D eigenvalue weighted by molar-refractivity contribution is 5.37. The molecule has 2 atom stereocenters. The summed E-state index contributed by atoms with van der Waals surface area (Å²) in [5.74, 6) is 1.54. The standard InChI is InChI=1S/C13H18/c1-9-4-7-12-10(2)5-6-11(3)13(12)8-9/h4,7-8,10-11H,5-6H2,1-3H3. The summed E-state index contributed by atoms with van der Waals surface area (Å²) in [5.41, 5.74) is 4.59. The van der Waals surface area contributed by atoms with Gasteiger partial charge in [0.2, 0.25) is 0 Å². The van der Waals surface area contributed by atoms with E-state index in [1.54, 1.807) is 11.1 Å². The molecule has 0 saturated carbocycles. The molecule has 0 bridgehead atoms. The molecule has 13 heavy (non-hydrogen) atoms. The van der Waals surface area contributed by atoms with Crippen LogP contribution >= 0.6 is 0 Å². The van der Waals surface area contributed by atoms with Gasteiger partial charge in [-0.2, -0.15) is 0 Å². The molecule has 0 aromatic heterocycles. The summed E-state index contributed by atoms with van der Waals surface area (Å²) in [6.07, 6.45) is 2.72. The Morgan fingerprint density at radius 3 is 2.31 bits per heavy atom. The third kappa shape index (κ3) is 1.50. The second kappa shape index (κ2) is 3.17. The van der Waals surface area contributed by atoms with Crippen LogP contribution in [-0.4, -0.2) is 0 Å². The van der Waals surface area contributed by atoms with Crippen molar-refractivity contribution in [3.63, 3.8) is 0 Å². The number of fused-ring (bicyclic) bond motifs is 1. The average molecular weight is 174 g/mol. The minimum atomic E-state index is 0.770. The molecule has 2 rings (SSSR count). The number of rotatable bonds is 0. The van der Waals surface area contributed by atoms with Gasteiger partial charge >= 0.3 is 0 Å². The van der Waals surface area contributed by atoms with E-state index in [1.807, 2.05) is 0 Å². The van der Waals surface area contributed by atoms with Gasteiger partial charge in [0, 0.05) is 0 Å². The molecular formula is C13H18. The lowest BCUT2D eigenvalue weighted by Gasteiger charge is -2.27. The van der Waals surface area contributed by atoms with Crippen molar-refractivity contribution in [2.24, 2.45) is 0 Å². The summed E-state index contributed by atoms with van der Waals surface area (Å²) in [5, 5.41) is 0. The summed E-state index contributed by atoms with van der Waals surface area (Å²) in [4.78, 5) is 0. The van der Waals surface area contributed by atoms with Crippen LogP contribution in [0, 0.1) is 6.92 Å². The first-order valence-electron chi connectivity index (χ1n) is 5.29. The zero-order valence-electron chi connectivity index (χ0n) is 8.80. The van der Waals surface area contributed by atoms with Crippen LogP contribution in [-0.2, 0) is 0 Å². The summed E-state index contributed by atoms with van der Waals surface area (Å²) in [6, 6.07) is 6.94. The molecule has 2 unspecified atom stereocenters. The van der Waals surface area contributed by atoms with E-state index in [1.165, 1.54) is 18.4 Å². The molecule has 0 aliphatic heterocycles. The van der Waals surface area contributed by atoms with Crippen molar-refractivity contribution in [3.8, 4) is 0 Å². The van der Waals surface area contributed by atoms with Crippen molar-refractivity contribution in [2.75, 3.05) is 0 Å². The van der Waals surface area contributed by atoms with Crippen molar-refractivity contribution in [1.29, 1.82) is 0 Å². The number of aryl methyl sites for hydroxylation is 1. The van der Waals surface area contributed by atoms with Gasteiger partial charge in [0.25, 0.3) is 0 Å². The van der Waals surface area contributed by atoms with Crippen LogP contribution in [0.25, 0.3) is 0 Å². The zero-order valence-corrected chi connectivity index (χ0v) is 8.80. The highest BCUT2D eigenvalue weighted by Gasteiger charge is 2.21. The van der Waals surface area contributed by atoms with Gasteiger partial charge in [-0.15, -0.1) is 0 Å². The summed E-state index contributed by atoms with van der Waals surface area (Å²) < 4.78 is 0. The van der Waals surface area contributed by atoms with Crippen LogP contribution in [0.15, 0.2) is 18.2 Å². The fraction of sp³-hybridized carbons (Fsp3) is 0.538. The quantitative estimate of drug-likeness (QED) is 0.557. The summed E-state index contributed by atoms with van der Waals surface area (Å²) in [6.45, 7) is 6.89. The Morgan fingerprint density at radius 1 is 1.00 bits per heavy atom. The smallest absolute Gasteiger partial charge is 0.0187 e. The maximum atomic E-state index is 2.37. The monoisotopic (exact) mass is 174 g/mol. The Morgan fingerprint density at radius 2 is 1.62 bits per heavy atom. The molecule has 70 valence electrons. The van der Waals surface area contributed by atoms with Crippen LogP contribution in [0.4, 0.5) is 0 Å². The molecule has 1 aliphatic rings. The summed E-state index contributed by atoms with van der Waals surface area (Å²) >= 11 is 0. The van der Waals surface area contributed by atoms with Crippen LogP contribution < -0.4 is 0 Å². The van der Waals surface area contributed by atoms with E-state index >= 15 is 0 Å². The lowest BCUT2D eigenvalue weighted by molar-refractivity contribution is 0.527. The molecule has 1 aromatic rings. The second-order valence-electron chi connectivity index (χ2n) is 4.51. The van der Waals surface area contributed by atoms with Gasteiger partial charge in [0.15, 0.2) is 0 Å². The Hall–Kier alpha value is -0.780. The van der Waals surface area contributed by atoms with Crippen LogP contribution in [0.1, 0.15) is 55.2 Å². The predicted molar refractivity (Wildman–Crippen MR) is 57.2 cm³/mol. The predicted octanol–water partition coefficient (Wildman–Crippen LogP) is 4.00. The van der Waals surface area contributed by atoms with Crippen LogP contribution in [0.5, 0.6) is 0 Å². The fourth-order valence-corrected chi connectivity index (χ4v) is 2.38. The van der Waals surface area contributed by atoms with Crippen LogP contribution in [0.2, 0.25) is 0 Å². The molecule has 0 radical (unpaired) electrons. The molecule has 1 aliphatic carbocycles. The largest absolute Gasteiger partial charge is 0.0590 e. The second-order valence-corrected chi connectivity index (χ2v) is 4.51. The Labute approximate surface area is 81.0 Å². The first kappa shape index (κ1) is 8.80. The van der Waals surface area contributed by atoms with Gasteiger partial charge in [-0.1, -0.05) is 37.6 Å². The molecule has 0 heteroatoms. The molecule has 0 heterocycles. The van der Waals surface area contributed by atoms with E-state index in [2.05, 4.69) is 39.0 Å². The van der Waals surface area contributed by atoms with Crippen molar-refractivity contribution in [3.05, 3.63) is 34.9 Å².